The SMILES string of the molecule is CCCCCCCCCCCCCCCC=CC(=O)NCCNC(=O)C=CCCCCCCCCCCCCCCC. The zero-order chi connectivity index (χ0) is 30.6. The lowest BCUT2D eigenvalue weighted by atomic mass is 10.0. The Bertz CT molecular complexity index is 575. The van der Waals surface area contributed by atoms with E-state index < -0.39 is 0 Å². The first-order valence-corrected chi connectivity index (χ1v) is 18.6. The third kappa shape index (κ3) is 34.6. The van der Waals surface area contributed by atoms with Crippen molar-refractivity contribution in [3.63, 3.8) is 0 Å². The smallest absolute Gasteiger partial charge is 0.243 e. The Morgan fingerprint density at radius 2 is 0.619 bits per heavy atom. The summed E-state index contributed by atoms with van der Waals surface area (Å²) in [6.07, 6.45) is 44.5. The molecule has 0 aliphatic rings. The van der Waals surface area contributed by atoms with E-state index >= 15 is 0 Å². The number of carbonyl (C=O) groups excluding carboxylic acids is 2. The van der Waals surface area contributed by atoms with Crippen LogP contribution in [0.3, 0.4) is 0 Å². The van der Waals surface area contributed by atoms with Crippen LogP contribution in [-0.4, -0.2) is 24.9 Å². The van der Waals surface area contributed by atoms with E-state index in [-0.39, 0.29) is 11.8 Å². The molecule has 0 saturated carbocycles. The van der Waals surface area contributed by atoms with Crippen LogP contribution in [0.5, 0.6) is 0 Å². The van der Waals surface area contributed by atoms with Crippen LogP contribution in [0.15, 0.2) is 24.3 Å². The van der Waals surface area contributed by atoms with E-state index in [4.69, 9.17) is 0 Å². The molecule has 0 aliphatic heterocycles. The summed E-state index contributed by atoms with van der Waals surface area (Å²) in [4.78, 5) is 23.9. The summed E-state index contributed by atoms with van der Waals surface area (Å²) in [6.45, 7) is 5.47. The maximum Gasteiger partial charge on any atom is 0.243 e. The lowest BCUT2D eigenvalue weighted by molar-refractivity contribution is -0.118. The van der Waals surface area contributed by atoms with Crippen molar-refractivity contribution in [2.24, 2.45) is 0 Å². The van der Waals surface area contributed by atoms with E-state index in [9.17, 15) is 9.59 Å². The molecule has 0 atom stereocenters. The number of nitrogens with one attached hydrogen (secondary N) is 2. The van der Waals surface area contributed by atoms with Crippen molar-refractivity contribution in [1.82, 2.24) is 10.6 Å². The molecule has 0 aromatic rings. The van der Waals surface area contributed by atoms with Crippen LogP contribution in [0.25, 0.3) is 0 Å². The number of unbranched alkanes of at least 4 members (excludes halogenated alkanes) is 26. The third-order valence-electron chi connectivity index (χ3n) is 8.21. The molecular weight excluding hydrogens is 516 g/mol. The second-order valence-corrected chi connectivity index (χ2v) is 12.4. The minimum absolute atomic E-state index is 0.0723. The zero-order valence-corrected chi connectivity index (χ0v) is 28.3. The second kappa shape index (κ2) is 35.6. The monoisotopic (exact) mass is 589 g/mol. The highest BCUT2D eigenvalue weighted by Gasteiger charge is 1.98. The van der Waals surface area contributed by atoms with E-state index in [0.717, 1.165) is 25.7 Å². The van der Waals surface area contributed by atoms with Gasteiger partial charge in [-0.15, -0.1) is 0 Å². The second-order valence-electron chi connectivity index (χ2n) is 12.4. The van der Waals surface area contributed by atoms with Gasteiger partial charge in [-0.25, -0.2) is 0 Å². The van der Waals surface area contributed by atoms with Crippen LogP contribution in [0, 0.1) is 0 Å². The minimum atomic E-state index is -0.0723. The van der Waals surface area contributed by atoms with Crippen LogP contribution >= 0.6 is 0 Å². The molecule has 0 bridgehead atoms. The molecule has 2 amide bonds. The molecule has 0 heterocycles. The zero-order valence-electron chi connectivity index (χ0n) is 28.3. The van der Waals surface area contributed by atoms with Crippen LogP contribution in [-0.2, 0) is 9.59 Å². The summed E-state index contributed by atoms with van der Waals surface area (Å²) in [5, 5.41) is 5.69. The van der Waals surface area contributed by atoms with Crippen LogP contribution < -0.4 is 10.6 Å². The van der Waals surface area contributed by atoms with Gasteiger partial charge in [0.1, 0.15) is 0 Å². The number of rotatable bonds is 33. The Hall–Kier alpha value is -1.58. The number of amides is 2. The number of carbonyl (C=O) groups is 2. The van der Waals surface area contributed by atoms with E-state index in [1.807, 2.05) is 12.2 Å². The molecule has 0 saturated heterocycles. The predicted molar refractivity (Wildman–Crippen MR) is 185 cm³/mol. The summed E-state index contributed by atoms with van der Waals surface area (Å²) in [6, 6.07) is 0. The average Bonchev–Trinajstić information content (AvgIpc) is 2.99. The molecule has 2 N–H and O–H groups in total. The summed E-state index contributed by atoms with van der Waals surface area (Å²) in [7, 11) is 0. The van der Waals surface area contributed by atoms with Gasteiger partial charge in [-0.1, -0.05) is 180 Å². The average molecular weight is 589 g/mol. The van der Waals surface area contributed by atoms with E-state index in [1.54, 1.807) is 12.2 Å². The highest BCUT2D eigenvalue weighted by Crippen LogP contribution is 2.14. The molecule has 0 aromatic carbocycles. The van der Waals surface area contributed by atoms with Crippen molar-refractivity contribution >= 4 is 11.8 Å². The molecule has 0 radical (unpaired) electrons. The molecule has 0 aromatic heterocycles. The Labute approximate surface area is 262 Å². The molecule has 0 aliphatic carbocycles. The van der Waals surface area contributed by atoms with Gasteiger partial charge in [0.2, 0.25) is 11.8 Å². The van der Waals surface area contributed by atoms with Gasteiger partial charge in [0.05, 0.1) is 0 Å². The van der Waals surface area contributed by atoms with Crippen LogP contribution in [0.4, 0.5) is 0 Å². The summed E-state index contributed by atoms with van der Waals surface area (Å²) in [5.41, 5.74) is 0. The van der Waals surface area contributed by atoms with Gasteiger partial charge in [-0.05, 0) is 37.8 Å². The summed E-state index contributed by atoms with van der Waals surface area (Å²) < 4.78 is 0. The molecule has 0 spiro atoms. The van der Waals surface area contributed by atoms with Gasteiger partial charge in [0.15, 0.2) is 0 Å². The van der Waals surface area contributed by atoms with Crippen LogP contribution in [0.1, 0.15) is 194 Å². The third-order valence-corrected chi connectivity index (χ3v) is 8.21. The van der Waals surface area contributed by atoms with Crippen molar-refractivity contribution in [2.45, 2.75) is 194 Å². The molecule has 0 unspecified atom stereocenters. The predicted octanol–water partition coefficient (Wildman–Crippen LogP) is 11.3. The fourth-order valence-corrected chi connectivity index (χ4v) is 5.43. The van der Waals surface area contributed by atoms with Gasteiger partial charge in [0.25, 0.3) is 0 Å². The largest absolute Gasteiger partial charge is 0.351 e. The highest BCUT2D eigenvalue weighted by molar-refractivity contribution is 5.88. The summed E-state index contributed by atoms with van der Waals surface area (Å²) >= 11 is 0. The number of hydrogen-bond donors (Lipinski definition) is 2. The Kier molecular flexibility index (Phi) is 34.3. The van der Waals surface area contributed by atoms with Gasteiger partial charge in [0, 0.05) is 13.1 Å². The molecule has 0 rings (SSSR count). The number of hydrogen-bond acceptors (Lipinski definition) is 2. The molecule has 246 valence electrons. The fraction of sp³-hybridized carbons (Fsp3) is 0.842. The highest BCUT2D eigenvalue weighted by atomic mass is 16.2. The molecular formula is C38H72N2O2. The van der Waals surface area contributed by atoms with Crippen molar-refractivity contribution in [2.75, 3.05) is 13.1 Å². The fourth-order valence-electron chi connectivity index (χ4n) is 5.43. The molecule has 4 heteroatoms. The van der Waals surface area contributed by atoms with Crippen molar-refractivity contribution in [3.05, 3.63) is 24.3 Å². The van der Waals surface area contributed by atoms with Crippen molar-refractivity contribution in [3.8, 4) is 0 Å². The van der Waals surface area contributed by atoms with Gasteiger partial charge in [-0.3, -0.25) is 9.59 Å². The number of allylic oxidation sites excluding steroid dienone is 2. The lowest BCUT2D eigenvalue weighted by Gasteiger charge is -2.04. The first kappa shape index (κ1) is 40.4. The van der Waals surface area contributed by atoms with Gasteiger partial charge in [-0.2, -0.15) is 0 Å². The van der Waals surface area contributed by atoms with E-state index in [2.05, 4.69) is 24.5 Å². The maximum absolute atomic E-state index is 11.9. The Morgan fingerprint density at radius 1 is 0.381 bits per heavy atom. The van der Waals surface area contributed by atoms with Crippen molar-refractivity contribution < 1.29 is 9.59 Å². The molecule has 4 nitrogen and oxygen atoms in total. The van der Waals surface area contributed by atoms with Gasteiger partial charge >= 0.3 is 0 Å². The van der Waals surface area contributed by atoms with Crippen molar-refractivity contribution in [1.29, 1.82) is 0 Å². The standard InChI is InChI=1S/C38H72N2O2/c1-3-5-7-9-11-13-15-17-19-21-23-25-27-29-31-33-37(41)39-35-36-40-38(42)34-32-30-28-26-24-22-20-18-16-14-12-10-8-6-4-2/h31-34H,3-30,35-36H2,1-2H3,(H,39,41)(H,40,42). The first-order chi connectivity index (χ1) is 20.7. The maximum atomic E-state index is 11.9. The molecule has 0 fully saturated rings. The summed E-state index contributed by atoms with van der Waals surface area (Å²) in [5.74, 6) is -0.145. The quantitative estimate of drug-likeness (QED) is 0.0591. The normalized spacial score (nSPS) is 11.6. The lowest BCUT2D eigenvalue weighted by Crippen LogP contribution is -2.33. The van der Waals surface area contributed by atoms with E-state index in [0.29, 0.717) is 13.1 Å². The minimum Gasteiger partial charge on any atom is -0.351 e. The topological polar surface area (TPSA) is 58.2 Å². The Morgan fingerprint density at radius 3 is 0.881 bits per heavy atom. The first-order valence-electron chi connectivity index (χ1n) is 18.6. The van der Waals surface area contributed by atoms with E-state index in [1.165, 1.54) is 154 Å². The molecule has 42 heavy (non-hydrogen) atoms. The Balaban J connectivity index is 3.39. The van der Waals surface area contributed by atoms with Gasteiger partial charge < -0.3 is 10.6 Å². The van der Waals surface area contributed by atoms with Crippen LogP contribution in [0.2, 0.25) is 0 Å².